The van der Waals surface area contributed by atoms with Crippen LogP contribution in [0.5, 0.6) is 0 Å². The van der Waals surface area contributed by atoms with Crippen LogP contribution in [0.3, 0.4) is 0 Å². The van der Waals surface area contributed by atoms with Gasteiger partial charge in [-0.25, -0.2) is 0 Å². The van der Waals surface area contributed by atoms with Crippen LogP contribution in [0.25, 0.3) is 0 Å². The summed E-state index contributed by atoms with van der Waals surface area (Å²) in [5.41, 5.74) is 0.0549. The summed E-state index contributed by atoms with van der Waals surface area (Å²) in [6.07, 6.45) is 5.64. The average molecular weight is 341 g/mol. The molecule has 0 aliphatic carbocycles. The molecule has 0 saturated carbocycles. The molecule has 6 heteroatoms. The van der Waals surface area contributed by atoms with Crippen LogP contribution in [0.15, 0.2) is 4.99 Å². The first kappa shape index (κ1) is 19.5. The molecule has 3 N–H and O–H groups in total. The minimum absolute atomic E-state index is 0.0549. The van der Waals surface area contributed by atoms with Crippen molar-refractivity contribution < 1.29 is 9.84 Å². The minimum Gasteiger partial charge on any atom is -0.396 e. The molecule has 2 heterocycles. The molecule has 1 unspecified atom stereocenters. The topological polar surface area (TPSA) is 69.1 Å². The SMILES string of the molecule is CCN1CCC(CCNC(=NC)NCC2(CCO)CCOC2)CC1. The summed E-state index contributed by atoms with van der Waals surface area (Å²) in [4.78, 5) is 6.87. The summed E-state index contributed by atoms with van der Waals surface area (Å²) in [7, 11) is 1.82. The molecule has 2 aliphatic rings. The predicted molar refractivity (Wildman–Crippen MR) is 98.4 cm³/mol. The molecule has 0 aromatic heterocycles. The summed E-state index contributed by atoms with van der Waals surface area (Å²) in [6, 6.07) is 0. The maximum Gasteiger partial charge on any atom is 0.190 e. The van der Waals surface area contributed by atoms with Crippen LogP contribution in [-0.2, 0) is 4.74 Å². The van der Waals surface area contributed by atoms with E-state index in [9.17, 15) is 5.11 Å². The van der Waals surface area contributed by atoms with Gasteiger partial charge in [0.05, 0.1) is 6.61 Å². The van der Waals surface area contributed by atoms with E-state index in [1.165, 1.54) is 38.9 Å². The maximum atomic E-state index is 9.30. The summed E-state index contributed by atoms with van der Waals surface area (Å²) in [5, 5.41) is 16.2. The number of piperidine rings is 1. The van der Waals surface area contributed by atoms with Crippen molar-refractivity contribution in [1.29, 1.82) is 0 Å². The summed E-state index contributed by atoms with van der Waals surface area (Å²) >= 11 is 0. The van der Waals surface area contributed by atoms with Gasteiger partial charge in [0.2, 0.25) is 0 Å². The van der Waals surface area contributed by atoms with Gasteiger partial charge in [0.1, 0.15) is 0 Å². The standard InChI is InChI=1S/C18H36N4O2/c1-3-22-10-5-16(6-11-22)4-9-20-17(19-2)21-14-18(7-12-23)8-13-24-15-18/h16,23H,3-15H2,1-2H3,(H2,19,20,21). The van der Waals surface area contributed by atoms with Gasteiger partial charge in [0, 0.05) is 38.8 Å². The van der Waals surface area contributed by atoms with Crippen molar-refractivity contribution in [1.82, 2.24) is 15.5 Å². The second kappa shape index (κ2) is 10.2. The Bertz CT molecular complexity index is 375. The van der Waals surface area contributed by atoms with E-state index in [1.54, 1.807) is 0 Å². The van der Waals surface area contributed by atoms with Gasteiger partial charge < -0.3 is 25.4 Å². The molecule has 140 valence electrons. The number of ether oxygens (including phenoxy) is 1. The first-order valence-corrected chi connectivity index (χ1v) is 9.57. The molecule has 0 aromatic rings. The zero-order chi connectivity index (χ0) is 17.3. The molecule has 2 fully saturated rings. The molecule has 0 amide bonds. The molecule has 0 spiro atoms. The Kier molecular flexibility index (Phi) is 8.29. The zero-order valence-corrected chi connectivity index (χ0v) is 15.5. The number of hydrogen-bond donors (Lipinski definition) is 3. The number of likely N-dealkylation sites (tertiary alicyclic amines) is 1. The second-order valence-corrected chi connectivity index (χ2v) is 7.30. The molecular formula is C18H36N4O2. The normalized spacial score (nSPS) is 26.7. The van der Waals surface area contributed by atoms with Crippen LogP contribution in [0.4, 0.5) is 0 Å². The van der Waals surface area contributed by atoms with Gasteiger partial charge in [0.15, 0.2) is 5.96 Å². The number of aliphatic hydroxyl groups excluding tert-OH is 1. The van der Waals surface area contributed by atoms with Crippen molar-refractivity contribution in [3.63, 3.8) is 0 Å². The van der Waals surface area contributed by atoms with Crippen molar-refractivity contribution in [2.45, 2.75) is 39.0 Å². The third kappa shape index (κ3) is 5.90. The molecular weight excluding hydrogens is 304 g/mol. The Morgan fingerprint density at radius 2 is 2.12 bits per heavy atom. The lowest BCUT2D eigenvalue weighted by Crippen LogP contribution is -2.45. The fourth-order valence-electron chi connectivity index (χ4n) is 3.79. The molecule has 6 nitrogen and oxygen atoms in total. The zero-order valence-electron chi connectivity index (χ0n) is 15.5. The predicted octanol–water partition coefficient (Wildman–Crippen LogP) is 1.06. The number of hydrogen-bond acceptors (Lipinski definition) is 4. The number of rotatable bonds is 8. The monoisotopic (exact) mass is 340 g/mol. The summed E-state index contributed by atoms with van der Waals surface area (Å²) < 4.78 is 5.54. The highest BCUT2D eigenvalue weighted by molar-refractivity contribution is 5.79. The van der Waals surface area contributed by atoms with Crippen LogP contribution in [0.1, 0.15) is 39.0 Å². The van der Waals surface area contributed by atoms with Gasteiger partial charge in [-0.1, -0.05) is 6.92 Å². The molecule has 2 aliphatic heterocycles. The summed E-state index contributed by atoms with van der Waals surface area (Å²) in [6.45, 7) is 9.44. The number of aliphatic hydroxyl groups is 1. The minimum atomic E-state index is 0.0549. The van der Waals surface area contributed by atoms with E-state index >= 15 is 0 Å². The van der Waals surface area contributed by atoms with Gasteiger partial charge in [-0.2, -0.15) is 0 Å². The van der Waals surface area contributed by atoms with Crippen LogP contribution >= 0.6 is 0 Å². The van der Waals surface area contributed by atoms with Crippen molar-refractivity contribution >= 4 is 5.96 Å². The Morgan fingerprint density at radius 3 is 2.71 bits per heavy atom. The highest BCUT2D eigenvalue weighted by Gasteiger charge is 2.34. The Hall–Kier alpha value is -0.850. The smallest absolute Gasteiger partial charge is 0.190 e. The van der Waals surface area contributed by atoms with E-state index < -0.39 is 0 Å². The van der Waals surface area contributed by atoms with Crippen molar-refractivity contribution in [2.24, 2.45) is 16.3 Å². The highest BCUT2D eigenvalue weighted by Crippen LogP contribution is 2.31. The van der Waals surface area contributed by atoms with Crippen LogP contribution in [0.2, 0.25) is 0 Å². The van der Waals surface area contributed by atoms with Gasteiger partial charge in [-0.3, -0.25) is 4.99 Å². The van der Waals surface area contributed by atoms with Gasteiger partial charge in [-0.05, 0) is 57.7 Å². The third-order valence-electron chi connectivity index (χ3n) is 5.68. The molecule has 0 bridgehead atoms. The molecule has 0 aromatic carbocycles. The largest absolute Gasteiger partial charge is 0.396 e. The first-order valence-electron chi connectivity index (χ1n) is 9.57. The van der Waals surface area contributed by atoms with E-state index in [2.05, 4.69) is 27.4 Å². The average Bonchev–Trinajstić information content (AvgIpc) is 3.07. The lowest BCUT2D eigenvalue weighted by molar-refractivity contribution is 0.127. The van der Waals surface area contributed by atoms with Gasteiger partial charge >= 0.3 is 0 Å². The number of nitrogens with one attached hydrogen (secondary N) is 2. The van der Waals surface area contributed by atoms with Crippen LogP contribution < -0.4 is 10.6 Å². The fourth-order valence-corrected chi connectivity index (χ4v) is 3.79. The highest BCUT2D eigenvalue weighted by atomic mass is 16.5. The molecule has 2 rings (SSSR count). The van der Waals surface area contributed by atoms with E-state index in [1.807, 2.05) is 7.05 Å². The third-order valence-corrected chi connectivity index (χ3v) is 5.68. The lowest BCUT2D eigenvalue weighted by Gasteiger charge is -2.31. The van der Waals surface area contributed by atoms with Crippen LogP contribution in [-0.4, -0.2) is 75.6 Å². The summed E-state index contributed by atoms with van der Waals surface area (Å²) in [5.74, 6) is 1.70. The van der Waals surface area contributed by atoms with E-state index in [-0.39, 0.29) is 12.0 Å². The van der Waals surface area contributed by atoms with Crippen molar-refractivity contribution in [3.8, 4) is 0 Å². The fraction of sp³-hybridized carbons (Fsp3) is 0.944. The van der Waals surface area contributed by atoms with E-state index in [4.69, 9.17) is 4.74 Å². The quantitative estimate of drug-likeness (QED) is 0.455. The number of aliphatic imine (C=N–C) groups is 1. The van der Waals surface area contributed by atoms with E-state index in [0.717, 1.165) is 51.0 Å². The molecule has 1 atom stereocenters. The van der Waals surface area contributed by atoms with Crippen molar-refractivity contribution in [2.75, 3.05) is 59.6 Å². The second-order valence-electron chi connectivity index (χ2n) is 7.30. The molecule has 2 saturated heterocycles. The number of guanidine groups is 1. The molecule has 24 heavy (non-hydrogen) atoms. The Morgan fingerprint density at radius 1 is 1.33 bits per heavy atom. The van der Waals surface area contributed by atoms with Crippen LogP contribution in [0, 0.1) is 11.3 Å². The Labute approximate surface area is 147 Å². The van der Waals surface area contributed by atoms with Crippen molar-refractivity contribution in [3.05, 3.63) is 0 Å². The lowest BCUT2D eigenvalue weighted by atomic mass is 9.84. The Balaban J connectivity index is 1.65. The first-order chi connectivity index (χ1) is 11.7. The number of nitrogens with zero attached hydrogens (tertiary/aromatic N) is 2. The van der Waals surface area contributed by atoms with Gasteiger partial charge in [-0.15, -0.1) is 0 Å². The molecule has 0 radical (unpaired) electrons. The maximum absolute atomic E-state index is 9.30. The van der Waals surface area contributed by atoms with Gasteiger partial charge in [0.25, 0.3) is 0 Å². The van der Waals surface area contributed by atoms with E-state index in [0.29, 0.717) is 0 Å².